The van der Waals surface area contributed by atoms with Crippen LogP contribution in [0.15, 0.2) is 18.3 Å². The monoisotopic (exact) mass is 346 g/mol. The van der Waals surface area contributed by atoms with Crippen LogP contribution in [0.25, 0.3) is 0 Å². The van der Waals surface area contributed by atoms with E-state index in [1.807, 2.05) is 6.07 Å². The SMILES string of the molecule is COc1ncccc1CN1C[C@H](N2CCN(C)CC2)[C@@H]2OCCC[C@@H]21. The van der Waals surface area contributed by atoms with Crippen molar-refractivity contribution in [2.24, 2.45) is 0 Å². The van der Waals surface area contributed by atoms with Crippen molar-refractivity contribution in [2.75, 3.05) is 53.5 Å². The molecule has 3 aliphatic rings. The van der Waals surface area contributed by atoms with Crippen LogP contribution >= 0.6 is 0 Å². The number of methoxy groups -OCH3 is 1. The van der Waals surface area contributed by atoms with Gasteiger partial charge in [0.1, 0.15) is 0 Å². The van der Waals surface area contributed by atoms with Gasteiger partial charge in [0, 0.05) is 63.7 Å². The Bertz CT molecular complexity index is 576. The summed E-state index contributed by atoms with van der Waals surface area (Å²) in [5, 5.41) is 0. The van der Waals surface area contributed by atoms with Crippen molar-refractivity contribution in [3.63, 3.8) is 0 Å². The minimum Gasteiger partial charge on any atom is -0.481 e. The summed E-state index contributed by atoms with van der Waals surface area (Å²) in [6.07, 6.45) is 4.54. The number of likely N-dealkylation sites (N-methyl/N-ethyl adjacent to an activating group) is 1. The van der Waals surface area contributed by atoms with Crippen LogP contribution in [0.1, 0.15) is 18.4 Å². The summed E-state index contributed by atoms with van der Waals surface area (Å²) in [6.45, 7) is 7.50. The van der Waals surface area contributed by atoms with E-state index in [0.717, 1.165) is 58.2 Å². The lowest BCUT2D eigenvalue weighted by Crippen LogP contribution is -2.54. The van der Waals surface area contributed by atoms with Crippen molar-refractivity contribution >= 4 is 0 Å². The third-order valence-corrected chi connectivity index (χ3v) is 6.03. The molecule has 4 heterocycles. The van der Waals surface area contributed by atoms with E-state index in [-0.39, 0.29) is 0 Å². The number of rotatable bonds is 4. The van der Waals surface area contributed by atoms with Gasteiger partial charge in [0.2, 0.25) is 5.88 Å². The molecule has 0 spiro atoms. The van der Waals surface area contributed by atoms with Gasteiger partial charge in [-0.1, -0.05) is 6.07 Å². The highest BCUT2D eigenvalue weighted by Crippen LogP contribution is 2.34. The Morgan fingerprint density at radius 2 is 2.08 bits per heavy atom. The van der Waals surface area contributed by atoms with Crippen LogP contribution < -0.4 is 4.74 Å². The minimum atomic E-state index is 0.347. The number of ether oxygens (including phenoxy) is 2. The number of hydrogen-bond donors (Lipinski definition) is 0. The summed E-state index contributed by atoms with van der Waals surface area (Å²) in [5.41, 5.74) is 1.17. The van der Waals surface area contributed by atoms with E-state index in [0.29, 0.717) is 18.2 Å². The van der Waals surface area contributed by atoms with E-state index in [9.17, 15) is 0 Å². The number of piperazine rings is 1. The lowest BCUT2D eigenvalue weighted by molar-refractivity contribution is -0.0466. The first-order valence-corrected chi connectivity index (χ1v) is 9.52. The van der Waals surface area contributed by atoms with Gasteiger partial charge in [0.05, 0.1) is 19.3 Å². The highest BCUT2D eigenvalue weighted by Gasteiger charge is 2.46. The lowest BCUT2D eigenvalue weighted by atomic mass is 9.99. The molecule has 0 bridgehead atoms. The van der Waals surface area contributed by atoms with Gasteiger partial charge in [0.25, 0.3) is 0 Å². The van der Waals surface area contributed by atoms with Crippen molar-refractivity contribution in [2.45, 2.75) is 37.6 Å². The topological polar surface area (TPSA) is 41.1 Å². The van der Waals surface area contributed by atoms with Crippen LogP contribution in [-0.2, 0) is 11.3 Å². The molecule has 3 aliphatic heterocycles. The van der Waals surface area contributed by atoms with Crippen LogP contribution in [0.4, 0.5) is 0 Å². The molecular formula is C19H30N4O2. The molecule has 0 N–H and O–H groups in total. The fraction of sp³-hybridized carbons (Fsp3) is 0.737. The number of pyridine rings is 1. The zero-order valence-electron chi connectivity index (χ0n) is 15.4. The molecule has 3 saturated heterocycles. The summed E-state index contributed by atoms with van der Waals surface area (Å²) in [6, 6.07) is 5.17. The first kappa shape index (κ1) is 17.2. The molecule has 0 aromatic carbocycles. The molecule has 25 heavy (non-hydrogen) atoms. The zero-order chi connectivity index (χ0) is 17.2. The summed E-state index contributed by atoms with van der Waals surface area (Å²) in [5.74, 6) is 0.749. The second-order valence-corrected chi connectivity index (χ2v) is 7.55. The van der Waals surface area contributed by atoms with Crippen LogP contribution in [0.3, 0.4) is 0 Å². The Balaban J connectivity index is 1.50. The predicted molar refractivity (Wildman–Crippen MR) is 96.8 cm³/mol. The summed E-state index contributed by atoms with van der Waals surface area (Å²) in [7, 11) is 3.92. The molecular weight excluding hydrogens is 316 g/mol. The second kappa shape index (κ2) is 7.58. The third-order valence-electron chi connectivity index (χ3n) is 6.03. The van der Waals surface area contributed by atoms with Gasteiger partial charge in [-0.15, -0.1) is 0 Å². The standard InChI is InChI=1S/C19H30N4O2/c1-21-8-10-22(11-9-21)17-14-23(16-6-4-12-25-18(16)17)13-15-5-3-7-20-19(15)24-2/h3,5,7,16-18H,4,6,8-14H2,1-2H3/t16-,17-,18+/m0/s1. The van der Waals surface area contributed by atoms with Crippen molar-refractivity contribution in [1.82, 2.24) is 19.7 Å². The highest BCUT2D eigenvalue weighted by molar-refractivity contribution is 5.25. The molecule has 0 radical (unpaired) electrons. The maximum atomic E-state index is 6.28. The molecule has 3 atom stereocenters. The Labute approximate surface area is 150 Å². The Hall–Kier alpha value is -1.21. The molecule has 0 unspecified atom stereocenters. The molecule has 1 aromatic heterocycles. The molecule has 6 nitrogen and oxygen atoms in total. The quantitative estimate of drug-likeness (QED) is 0.812. The molecule has 138 valence electrons. The van der Waals surface area contributed by atoms with E-state index in [1.165, 1.54) is 12.0 Å². The van der Waals surface area contributed by atoms with Gasteiger partial charge in [-0.3, -0.25) is 9.80 Å². The Kier molecular flexibility index (Phi) is 5.22. The number of nitrogens with zero attached hydrogens (tertiary/aromatic N) is 4. The molecule has 4 rings (SSSR count). The van der Waals surface area contributed by atoms with Crippen LogP contribution in [0.5, 0.6) is 5.88 Å². The zero-order valence-corrected chi connectivity index (χ0v) is 15.4. The average molecular weight is 346 g/mol. The molecule has 6 heteroatoms. The molecule has 3 fully saturated rings. The van der Waals surface area contributed by atoms with Crippen LogP contribution in [0.2, 0.25) is 0 Å². The normalized spacial score (nSPS) is 31.8. The molecule has 1 aromatic rings. The van der Waals surface area contributed by atoms with Gasteiger partial charge < -0.3 is 14.4 Å². The van der Waals surface area contributed by atoms with Crippen molar-refractivity contribution in [1.29, 1.82) is 0 Å². The summed E-state index contributed by atoms with van der Waals surface area (Å²) in [4.78, 5) is 12.0. The largest absolute Gasteiger partial charge is 0.481 e. The fourth-order valence-corrected chi connectivity index (χ4v) is 4.63. The highest BCUT2D eigenvalue weighted by atomic mass is 16.5. The first-order valence-electron chi connectivity index (χ1n) is 9.52. The van der Waals surface area contributed by atoms with E-state index in [4.69, 9.17) is 9.47 Å². The van der Waals surface area contributed by atoms with Gasteiger partial charge in [-0.2, -0.15) is 0 Å². The number of aromatic nitrogens is 1. The van der Waals surface area contributed by atoms with E-state index < -0.39 is 0 Å². The summed E-state index contributed by atoms with van der Waals surface area (Å²) < 4.78 is 11.7. The van der Waals surface area contributed by atoms with E-state index in [1.54, 1.807) is 13.3 Å². The van der Waals surface area contributed by atoms with E-state index in [2.05, 4.69) is 32.8 Å². The van der Waals surface area contributed by atoms with Crippen molar-refractivity contribution < 1.29 is 9.47 Å². The number of hydrogen-bond acceptors (Lipinski definition) is 6. The first-order chi connectivity index (χ1) is 12.3. The summed E-state index contributed by atoms with van der Waals surface area (Å²) >= 11 is 0. The Morgan fingerprint density at radius 3 is 2.88 bits per heavy atom. The van der Waals surface area contributed by atoms with Gasteiger partial charge in [0.15, 0.2) is 0 Å². The minimum absolute atomic E-state index is 0.347. The molecule has 0 saturated carbocycles. The van der Waals surface area contributed by atoms with Crippen molar-refractivity contribution in [3.05, 3.63) is 23.9 Å². The fourth-order valence-electron chi connectivity index (χ4n) is 4.63. The maximum absolute atomic E-state index is 6.28. The van der Waals surface area contributed by atoms with E-state index >= 15 is 0 Å². The van der Waals surface area contributed by atoms with Gasteiger partial charge >= 0.3 is 0 Å². The molecule has 0 aliphatic carbocycles. The number of fused-ring (bicyclic) bond motifs is 1. The third kappa shape index (κ3) is 3.53. The number of likely N-dealkylation sites (tertiary alicyclic amines) is 1. The maximum Gasteiger partial charge on any atom is 0.217 e. The van der Waals surface area contributed by atoms with Crippen LogP contribution in [0, 0.1) is 0 Å². The smallest absolute Gasteiger partial charge is 0.217 e. The van der Waals surface area contributed by atoms with Gasteiger partial charge in [-0.25, -0.2) is 4.98 Å². The Morgan fingerprint density at radius 1 is 1.24 bits per heavy atom. The van der Waals surface area contributed by atoms with Crippen LogP contribution in [-0.4, -0.2) is 91.4 Å². The van der Waals surface area contributed by atoms with Gasteiger partial charge in [-0.05, 0) is 26.0 Å². The second-order valence-electron chi connectivity index (χ2n) is 7.55. The average Bonchev–Trinajstić information content (AvgIpc) is 3.02. The predicted octanol–water partition coefficient (Wildman–Crippen LogP) is 1.07. The molecule has 0 amide bonds. The lowest BCUT2D eigenvalue weighted by Gasteiger charge is -2.39. The van der Waals surface area contributed by atoms with Crippen molar-refractivity contribution in [3.8, 4) is 5.88 Å².